The highest BCUT2D eigenvalue weighted by Gasteiger charge is 2.26. The molecule has 0 fully saturated rings. The zero-order chi connectivity index (χ0) is 15.3. The van der Waals surface area contributed by atoms with Gasteiger partial charge >= 0.3 is 0 Å². The number of rotatable bonds is 7. The molecule has 0 N–H and O–H groups in total. The average molecular weight is 389 g/mol. The van der Waals surface area contributed by atoms with Crippen molar-refractivity contribution in [2.24, 2.45) is 0 Å². The van der Waals surface area contributed by atoms with Crippen molar-refractivity contribution in [1.29, 1.82) is 0 Å². The lowest BCUT2D eigenvalue weighted by Crippen LogP contribution is -2.29. The van der Waals surface area contributed by atoms with Crippen LogP contribution in [0.15, 0.2) is 21.5 Å². The second kappa shape index (κ2) is 7.70. The first-order valence-electron chi connectivity index (χ1n) is 5.83. The van der Waals surface area contributed by atoms with Gasteiger partial charge in [-0.2, -0.15) is 0 Å². The van der Waals surface area contributed by atoms with Crippen molar-refractivity contribution < 1.29 is 17.5 Å². The molecule has 114 valence electrons. The van der Waals surface area contributed by atoms with Crippen LogP contribution in [0.2, 0.25) is 0 Å². The Labute approximate surface area is 132 Å². The Morgan fingerprint density at radius 1 is 1.45 bits per heavy atom. The van der Waals surface area contributed by atoms with E-state index in [1.807, 2.05) is 0 Å². The summed E-state index contributed by atoms with van der Waals surface area (Å²) in [5, 5.41) is 0. The van der Waals surface area contributed by atoms with Crippen LogP contribution in [0.4, 0.5) is 4.39 Å². The van der Waals surface area contributed by atoms with Gasteiger partial charge in [-0.15, -0.1) is 11.6 Å². The molecule has 0 aliphatic carbocycles. The van der Waals surface area contributed by atoms with Gasteiger partial charge in [-0.25, -0.2) is 17.1 Å². The van der Waals surface area contributed by atoms with Gasteiger partial charge in [0.1, 0.15) is 10.7 Å². The van der Waals surface area contributed by atoms with Crippen LogP contribution in [-0.4, -0.2) is 40.0 Å². The third kappa shape index (κ3) is 4.14. The van der Waals surface area contributed by atoms with Crippen LogP contribution in [0.5, 0.6) is 0 Å². The second-order valence-electron chi connectivity index (χ2n) is 4.18. The predicted octanol–water partition coefficient (Wildman–Crippen LogP) is 2.98. The molecule has 0 bridgehead atoms. The Kier molecular flexibility index (Phi) is 6.87. The highest BCUT2D eigenvalue weighted by molar-refractivity contribution is 9.10. The van der Waals surface area contributed by atoms with Crippen molar-refractivity contribution in [1.82, 2.24) is 4.31 Å². The summed E-state index contributed by atoms with van der Waals surface area (Å²) < 4.78 is 45.3. The Balaban J connectivity index is 3.12. The molecule has 0 spiro atoms. The molecule has 20 heavy (non-hydrogen) atoms. The zero-order valence-corrected chi connectivity index (χ0v) is 14.4. The van der Waals surface area contributed by atoms with Crippen LogP contribution in [-0.2, 0) is 20.6 Å². The number of halogens is 3. The van der Waals surface area contributed by atoms with E-state index >= 15 is 0 Å². The Bertz CT molecular complexity index is 568. The van der Waals surface area contributed by atoms with E-state index in [0.29, 0.717) is 17.5 Å². The van der Waals surface area contributed by atoms with Gasteiger partial charge in [-0.05, 0) is 18.6 Å². The smallest absolute Gasteiger partial charge is 0.245 e. The van der Waals surface area contributed by atoms with E-state index in [1.54, 1.807) is 0 Å². The molecule has 0 atom stereocenters. The molecule has 0 saturated heterocycles. The minimum atomic E-state index is -3.89. The van der Waals surface area contributed by atoms with Crippen molar-refractivity contribution in [2.75, 3.05) is 27.3 Å². The number of alkyl halides is 1. The second-order valence-corrected chi connectivity index (χ2v) is 7.38. The molecule has 1 aromatic rings. The number of benzene rings is 1. The first-order chi connectivity index (χ1) is 9.34. The van der Waals surface area contributed by atoms with Crippen molar-refractivity contribution in [2.45, 2.75) is 17.2 Å². The van der Waals surface area contributed by atoms with Gasteiger partial charge in [0.25, 0.3) is 0 Å². The van der Waals surface area contributed by atoms with E-state index in [2.05, 4.69) is 15.9 Å². The predicted molar refractivity (Wildman–Crippen MR) is 80.0 cm³/mol. The van der Waals surface area contributed by atoms with Crippen molar-refractivity contribution in [3.05, 3.63) is 28.0 Å². The molecular weight excluding hydrogens is 373 g/mol. The zero-order valence-electron chi connectivity index (χ0n) is 11.2. The molecule has 1 aromatic carbocycles. The molecule has 0 aromatic heterocycles. The summed E-state index contributed by atoms with van der Waals surface area (Å²) in [5.41, 5.74) is 0.143. The summed E-state index contributed by atoms with van der Waals surface area (Å²) >= 11 is 8.79. The lowest BCUT2D eigenvalue weighted by Gasteiger charge is -2.18. The molecular formula is C12H16BrClFNO3S. The Morgan fingerprint density at radius 3 is 2.65 bits per heavy atom. The summed E-state index contributed by atoms with van der Waals surface area (Å²) in [7, 11) is -0.946. The van der Waals surface area contributed by atoms with Gasteiger partial charge in [-0.1, -0.05) is 15.9 Å². The third-order valence-corrected chi connectivity index (χ3v) is 5.33. The van der Waals surface area contributed by atoms with Crippen LogP contribution in [0.1, 0.15) is 12.0 Å². The van der Waals surface area contributed by atoms with Crippen LogP contribution < -0.4 is 0 Å². The normalized spacial score (nSPS) is 12.1. The maximum atomic E-state index is 14.2. The minimum Gasteiger partial charge on any atom is -0.385 e. The van der Waals surface area contributed by atoms with Crippen LogP contribution >= 0.6 is 27.5 Å². The fourth-order valence-corrected chi connectivity index (χ4v) is 3.81. The van der Waals surface area contributed by atoms with E-state index in [0.717, 1.165) is 4.31 Å². The van der Waals surface area contributed by atoms with E-state index in [-0.39, 0.29) is 22.9 Å². The highest BCUT2D eigenvalue weighted by Crippen LogP contribution is 2.27. The molecule has 0 radical (unpaired) electrons. The van der Waals surface area contributed by atoms with Gasteiger partial charge in [0.15, 0.2) is 0 Å². The molecule has 0 unspecified atom stereocenters. The van der Waals surface area contributed by atoms with E-state index in [4.69, 9.17) is 16.3 Å². The standard InChI is InChI=1S/C12H16BrClFNO3S/c1-16(4-3-5-19-2)20(17,18)11-7-10(13)6-9(8-14)12(11)15/h6-7H,3-5,8H2,1-2H3. The van der Waals surface area contributed by atoms with Crippen LogP contribution in [0.3, 0.4) is 0 Å². The average Bonchev–Trinajstić information content (AvgIpc) is 2.40. The molecule has 0 aliphatic heterocycles. The van der Waals surface area contributed by atoms with Crippen LogP contribution in [0, 0.1) is 5.82 Å². The number of hydrogen-bond donors (Lipinski definition) is 0. The molecule has 0 amide bonds. The molecule has 1 rings (SSSR count). The number of methoxy groups -OCH3 is 1. The number of ether oxygens (including phenoxy) is 1. The fraction of sp³-hybridized carbons (Fsp3) is 0.500. The number of sulfonamides is 1. The maximum absolute atomic E-state index is 14.2. The maximum Gasteiger partial charge on any atom is 0.245 e. The van der Waals surface area contributed by atoms with Gasteiger partial charge in [0, 0.05) is 37.3 Å². The monoisotopic (exact) mass is 387 g/mol. The topological polar surface area (TPSA) is 46.6 Å². The largest absolute Gasteiger partial charge is 0.385 e. The van der Waals surface area contributed by atoms with Gasteiger partial charge in [0.2, 0.25) is 10.0 Å². The fourth-order valence-electron chi connectivity index (χ4n) is 1.62. The summed E-state index contributed by atoms with van der Waals surface area (Å²) in [6.07, 6.45) is 0.532. The summed E-state index contributed by atoms with van der Waals surface area (Å²) in [5.74, 6) is -0.900. The van der Waals surface area contributed by atoms with Gasteiger partial charge < -0.3 is 4.74 Å². The number of nitrogens with zero attached hydrogens (tertiary/aromatic N) is 1. The quantitative estimate of drug-likeness (QED) is 0.533. The molecule has 8 heteroatoms. The van der Waals surface area contributed by atoms with E-state index in [9.17, 15) is 12.8 Å². The molecule has 0 heterocycles. The molecule has 4 nitrogen and oxygen atoms in total. The number of hydrogen-bond acceptors (Lipinski definition) is 3. The summed E-state index contributed by atoms with van der Waals surface area (Å²) in [6, 6.07) is 2.71. The van der Waals surface area contributed by atoms with Crippen LogP contribution in [0.25, 0.3) is 0 Å². The highest BCUT2D eigenvalue weighted by atomic mass is 79.9. The van der Waals surface area contributed by atoms with E-state index in [1.165, 1.54) is 26.3 Å². The van der Waals surface area contributed by atoms with Gasteiger partial charge in [0.05, 0.1) is 5.88 Å². The van der Waals surface area contributed by atoms with Crippen molar-refractivity contribution in [3.8, 4) is 0 Å². The Morgan fingerprint density at radius 2 is 2.10 bits per heavy atom. The SMILES string of the molecule is COCCCN(C)S(=O)(=O)c1cc(Br)cc(CCl)c1F. The van der Waals surface area contributed by atoms with E-state index < -0.39 is 15.8 Å². The molecule has 0 aliphatic rings. The minimum absolute atomic E-state index is 0.0960. The first-order valence-corrected chi connectivity index (χ1v) is 8.60. The first kappa shape index (κ1) is 17.8. The summed E-state index contributed by atoms with van der Waals surface area (Å²) in [4.78, 5) is -0.373. The lowest BCUT2D eigenvalue weighted by molar-refractivity contribution is 0.189. The third-order valence-electron chi connectivity index (χ3n) is 2.73. The molecule has 0 saturated carbocycles. The lowest BCUT2D eigenvalue weighted by atomic mass is 10.2. The summed E-state index contributed by atoms with van der Waals surface area (Å²) in [6.45, 7) is 0.687. The van der Waals surface area contributed by atoms with Gasteiger partial charge in [-0.3, -0.25) is 0 Å². The van der Waals surface area contributed by atoms with Crippen molar-refractivity contribution in [3.63, 3.8) is 0 Å². The Hall–Kier alpha value is -0.210. The van der Waals surface area contributed by atoms with Crippen molar-refractivity contribution >= 4 is 37.6 Å².